The van der Waals surface area contributed by atoms with Crippen molar-refractivity contribution < 1.29 is 17.9 Å². The monoisotopic (exact) mass is 366 g/mol. The van der Waals surface area contributed by atoms with Crippen LogP contribution in [0, 0.1) is 23.1 Å². The lowest BCUT2D eigenvalue weighted by Gasteiger charge is -2.17. The summed E-state index contributed by atoms with van der Waals surface area (Å²) in [7, 11) is -4.02. The van der Waals surface area contributed by atoms with Crippen LogP contribution in [0.15, 0.2) is 39.9 Å². The van der Waals surface area contributed by atoms with Crippen molar-refractivity contribution in [3.63, 3.8) is 0 Å². The smallest absolute Gasteiger partial charge is 0.246 e. The van der Waals surface area contributed by atoms with Gasteiger partial charge in [-0.15, -0.1) is 0 Å². The van der Waals surface area contributed by atoms with Crippen molar-refractivity contribution in [1.82, 2.24) is 4.31 Å². The minimum Gasteiger partial charge on any atom is -0.396 e. The Morgan fingerprint density at radius 2 is 2.17 bits per heavy atom. The molecule has 0 bridgehead atoms. The summed E-state index contributed by atoms with van der Waals surface area (Å²) in [6.45, 7) is 0.199. The van der Waals surface area contributed by atoms with Crippen molar-refractivity contribution in [2.45, 2.75) is 10.8 Å². The quantitative estimate of drug-likeness (QED) is 0.899. The van der Waals surface area contributed by atoms with Gasteiger partial charge in [-0.05, 0) is 40.6 Å². The van der Waals surface area contributed by atoms with Gasteiger partial charge in [0, 0.05) is 31.5 Å². The Bertz CT molecular complexity index is 875. The molecule has 1 saturated heterocycles. The van der Waals surface area contributed by atoms with Gasteiger partial charge in [0.15, 0.2) is 0 Å². The van der Waals surface area contributed by atoms with Crippen LogP contribution in [-0.4, -0.2) is 37.5 Å². The molecule has 1 aromatic heterocycles. The van der Waals surface area contributed by atoms with Crippen LogP contribution in [-0.2, 0) is 10.0 Å². The van der Waals surface area contributed by atoms with Crippen LogP contribution in [0.5, 0.6) is 0 Å². The zero-order valence-corrected chi connectivity index (χ0v) is 14.2. The highest BCUT2D eigenvalue weighted by molar-refractivity contribution is 7.89. The second-order valence-corrected chi connectivity index (χ2v) is 8.37. The maximum Gasteiger partial charge on any atom is 0.246 e. The fourth-order valence-electron chi connectivity index (χ4n) is 3.00. The highest BCUT2D eigenvalue weighted by Gasteiger charge is 2.40. The average molecular weight is 366 g/mol. The largest absolute Gasteiger partial charge is 0.396 e. The molecule has 2 aromatic rings. The molecule has 0 radical (unpaired) electrons. The van der Waals surface area contributed by atoms with E-state index in [1.807, 2.05) is 16.8 Å². The van der Waals surface area contributed by atoms with E-state index in [9.17, 15) is 17.9 Å². The van der Waals surface area contributed by atoms with E-state index in [1.165, 1.54) is 21.7 Å². The van der Waals surface area contributed by atoms with Crippen LogP contribution in [0.4, 0.5) is 4.39 Å². The van der Waals surface area contributed by atoms with Gasteiger partial charge in [-0.25, -0.2) is 12.8 Å². The van der Waals surface area contributed by atoms with E-state index in [1.54, 1.807) is 6.07 Å². The lowest BCUT2D eigenvalue weighted by Crippen LogP contribution is -2.30. The number of hydrogen-bond donors (Lipinski definition) is 1. The topological polar surface area (TPSA) is 81.4 Å². The molecule has 1 aromatic carbocycles. The molecule has 0 saturated carbocycles. The van der Waals surface area contributed by atoms with Crippen molar-refractivity contribution in [3.05, 3.63) is 52.0 Å². The fraction of sp³-hybridized carbons (Fsp3) is 0.312. The first-order valence-electron chi connectivity index (χ1n) is 7.30. The average Bonchev–Trinajstić information content (AvgIpc) is 3.23. The van der Waals surface area contributed by atoms with Gasteiger partial charge in [-0.1, -0.05) is 0 Å². The van der Waals surface area contributed by atoms with E-state index in [4.69, 9.17) is 5.26 Å². The zero-order chi connectivity index (χ0) is 17.3. The summed E-state index contributed by atoms with van der Waals surface area (Å²) >= 11 is 1.51. The molecule has 1 aliphatic rings. The third-order valence-corrected chi connectivity index (χ3v) is 6.86. The summed E-state index contributed by atoms with van der Waals surface area (Å²) in [4.78, 5) is -0.441. The molecule has 1 aliphatic heterocycles. The summed E-state index contributed by atoms with van der Waals surface area (Å²) in [5.74, 6) is -1.28. The number of sulfonamides is 1. The van der Waals surface area contributed by atoms with Gasteiger partial charge in [0.05, 0.1) is 11.6 Å². The van der Waals surface area contributed by atoms with E-state index < -0.39 is 20.7 Å². The molecular formula is C16H15FN2O3S2. The minimum atomic E-state index is -4.02. The van der Waals surface area contributed by atoms with Crippen molar-refractivity contribution in [2.75, 3.05) is 19.7 Å². The zero-order valence-electron chi connectivity index (χ0n) is 12.6. The van der Waals surface area contributed by atoms with Crippen molar-refractivity contribution >= 4 is 21.4 Å². The molecule has 1 fully saturated rings. The maximum absolute atomic E-state index is 14.1. The van der Waals surface area contributed by atoms with E-state index in [-0.39, 0.29) is 37.1 Å². The maximum atomic E-state index is 14.1. The Balaban J connectivity index is 1.92. The van der Waals surface area contributed by atoms with E-state index >= 15 is 0 Å². The predicted molar refractivity (Wildman–Crippen MR) is 87.5 cm³/mol. The third-order valence-electron chi connectivity index (χ3n) is 4.29. The Hall–Kier alpha value is -1.79. The number of aliphatic hydroxyl groups excluding tert-OH is 1. The predicted octanol–water partition coefficient (Wildman–Crippen LogP) is 2.16. The third kappa shape index (κ3) is 2.96. The van der Waals surface area contributed by atoms with Crippen molar-refractivity contribution in [1.29, 1.82) is 5.26 Å². The molecular weight excluding hydrogens is 351 g/mol. The second kappa shape index (κ2) is 6.61. The van der Waals surface area contributed by atoms with Crippen LogP contribution in [0.3, 0.4) is 0 Å². The summed E-state index contributed by atoms with van der Waals surface area (Å²) in [6, 6.07) is 7.01. The molecule has 126 valence electrons. The van der Waals surface area contributed by atoms with E-state index in [0.717, 1.165) is 17.7 Å². The van der Waals surface area contributed by atoms with Gasteiger partial charge in [0.2, 0.25) is 10.0 Å². The van der Waals surface area contributed by atoms with Crippen LogP contribution >= 0.6 is 11.3 Å². The van der Waals surface area contributed by atoms with Crippen LogP contribution in [0.2, 0.25) is 0 Å². The summed E-state index contributed by atoms with van der Waals surface area (Å²) in [5.41, 5.74) is 1.05. The first-order chi connectivity index (χ1) is 11.5. The van der Waals surface area contributed by atoms with Crippen LogP contribution < -0.4 is 0 Å². The molecule has 2 atom stereocenters. The van der Waals surface area contributed by atoms with Crippen LogP contribution in [0.1, 0.15) is 17.0 Å². The lowest BCUT2D eigenvalue weighted by molar-refractivity contribution is 0.223. The normalized spacial score (nSPS) is 21.7. The molecule has 0 spiro atoms. The summed E-state index contributed by atoms with van der Waals surface area (Å²) in [5, 5.41) is 22.2. The number of nitrogens with zero attached hydrogens (tertiary/aromatic N) is 2. The van der Waals surface area contributed by atoms with E-state index in [2.05, 4.69) is 0 Å². The molecule has 0 amide bonds. The van der Waals surface area contributed by atoms with Gasteiger partial charge in [0.25, 0.3) is 0 Å². The Labute approximate surface area is 143 Å². The summed E-state index contributed by atoms with van der Waals surface area (Å²) in [6.07, 6.45) is 0. The molecule has 24 heavy (non-hydrogen) atoms. The Morgan fingerprint density at radius 3 is 2.75 bits per heavy atom. The Kier molecular flexibility index (Phi) is 4.69. The molecule has 2 heterocycles. The molecule has 5 nitrogen and oxygen atoms in total. The number of aliphatic hydroxyl groups is 1. The highest BCUT2D eigenvalue weighted by atomic mass is 32.2. The van der Waals surface area contributed by atoms with Gasteiger partial charge in [-0.3, -0.25) is 0 Å². The van der Waals surface area contributed by atoms with Crippen molar-refractivity contribution in [2.24, 2.45) is 5.92 Å². The van der Waals surface area contributed by atoms with E-state index in [0.29, 0.717) is 0 Å². The number of rotatable bonds is 4. The number of halogens is 1. The second-order valence-electron chi connectivity index (χ2n) is 5.68. The Morgan fingerprint density at radius 1 is 1.38 bits per heavy atom. The van der Waals surface area contributed by atoms with Crippen LogP contribution in [0.25, 0.3) is 0 Å². The first-order valence-corrected chi connectivity index (χ1v) is 9.68. The van der Waals surface area contributed by atoms with Crippen molar-refractivity contribution in [3.8, 4) is 6.07 Å². The number of hydrogen-bond acceptors (Lipinski definition) is 5. The molecule has 3 rings (SSSR count). The first kappa shape index (κ1) is 17.0. The molecule has 1 N–H and O–H groups in total. The molecule has 8 heteroatoms. The number of benzene rings is 1. The molecule has 0 aliphatic carbocycles. The lowest BCUT2D eigenvalue weighted by atomic mass is 9.92. The number of thiophene rings is 1. The van der Waals surface area contributed by atoms with Gasteiger partial charge < -0.3 is 5.11 Å². The minimum absolute atomic E-state index is 0.0669. The highest BCUT2D eigenvalue weighted by Crippen LogP contribution is 2.36. The standard InChI is InChI=1S/C16H15FN2O3S2/c17-15-5-11(6-18)1-2-16(15)24(21,22)19-7-13(9-20)14(8-19)12-3-4-23-10-12/h1-5,10,13-14,20H,7-9H2. The fourth-order valence-corrected chi connectivity index (χ4v) is 5.29. The summed E-state index contributed by atoms with van der Waals surface area (Å²) < 4.78 is 40.9. The number of nitriles is 1. The van der Waals surface area contributed by atoms with Gasteiger partial charge in [0.1, 0.15) is 10.7 Å². The molecule has 2 unspecified atom stereocenters. The SMILES string of the molecule is N#Cc1ccc(S(=O)(=O)N2CC(CO)C(c3ccsc3)C2)c(F)c1. The van der Waals surface area contributed by atoms with Gasteiger partial charge in [-0.2, -0.15) is 20.9 Å². The van der Waals surface area contributed by atoms with Gasteiger partial charge >= 0.3 is 0 Å².